The first kappa shape index (κ1) is 13.0. The lowest BCUT2D eigenvalue weighted by Gasteiger charge is -2.23. The smallest absolute Gasteiger partial charge is 0.123 e. The summed E-state index contributed by atoms with van der Waals surface area (Å²) in [6.45, 7) is 4.16. The molecule has 3 heteroatoms. The number of aryl methyl sites for hydroxylation is 1. The van der Waals surface area contributed by atoms with Crippen LogP contribution < -0.4 is 10.5 Å². The Morgan fingerprint density at radius 1 is 1.44 bits per heavy atom. The zero-order valence-corrected chi connectivity index (χ0v) is 10.2. The van der Waals surface area contributed by atoms with Crippen LogP contribution in [0.1, 0.15) is 30.5 Å². The molecular weight excluding hydrogens is 202 g/mol. The average molecular weight is 223 g/mol. The third kappa shape index (κ3) is 2.74. The first-order chi connectivity index (χ1) is 7.63. The fraction of sp³-hybridized carbons (Fsp3) is 0.538. The van der Waals surface area contributed by atoms with Gasteiger partial charge in [0.15, 0.2) is 0 Å². The molecule has 3 nitrogen and oxygen atoms in total. The van der Waals surface area contributed by atoms with Crippen molar-refractivity contribution in [3.63, 3.8) is 0 Å². The third-order valence-electron chi connectivity index (χ3n) is 3.01. The minimum atomic E-state index is -0.176. The minimum Gasteiger partial charge on any atom is -0.496 e. The predicted octanol–water partition coefficient (Wildman–Crippen LogP) is 2.02. The van der Waals surface area contributed by atoms with Crippen LogP contribution in [0, 0.1) is 12.8 Å². The molecule has 0 aliphatic heterocycles. The fourth-order valence-electron chi connectivity index (χ4n) is 1.86. The molecule has 0 aliphatic carbocycles. The molecule has 90 valence electrons. The molecule has 0 heterocycles. The predicted molar refractivity (Wildman–Crippen MR) is 65.5 cm³/mol. The van der Waals surface area contributed by atoms with Gasteiger partial charge in [-0.2, -0.15) is 0 Å². The van der Waals surface area contributed by atoms with E-state index in [0.29, 0.717) is 0 Å². The molecule has 1 aromatic rings. The Balaban J connectivity index is 3.04. The number of nitrogens with two attached hydrogens (primary N) is 1. The van der Waals surface area contributed by atoms with Crippen molar-refractivity contribution in [2.24, 2.45) is 11.7 Å². The number of benzene rings is 1. The monoisotopic (exact) mass is 223 g/mol. The molecule has 0 bridgehead atoms. The quantitative estimate of drug-likeness (QED) is 0.803. The van der Waals surface area contributed by atoms with Gasteiger partial charge in [0.25, 0.3) is 0 Å². The van der Waals surface area contributed by atoms with Gasteiger partial charge in [-0.25, -0.2) is 0 Å². The van der Waals surface area contributed by atoms with Crippen LogP contribution in [-0.4, -0.2) is 18.8 Å². The van der Waals surface area contributed by atoms with E-state index in [1.807, 2.05) is 32.0 Å². The maximum Gasteiger partial charge on any atom is 0.123 e. The van der Waals surface area contributed by atoms with Crippen molar-refractivity contribution in [1.82, 2.24) is 0 Å². The van der Waals surface area contributed by atoms with Gasteiger partial charge < -0.3 is 15.6 Å². The van der Waals surface area contributed by atoms with Gasteiger partial charge in [-0.3, -0.25) is 0 Å². The molecule has 0 aromatic heterocycles. The summed E-state index contributed by atoms with van der Waals surface area (Å²) in [7, 11) is 1.64. The highest BCUT2D eigenvalue weighted by Crippen LogP contribution is 2.30. The number of rotatable bonds is 5. The molecule has 0 radical (unpaired) electrons. The van der Waals surface area contributed by atoms with Crippen molar-refractivity contribution < 1.29 is 9.84 Å². The SMILES string of the molecule is CCC(CO)C(N)c1cc(C)ccc1OC. The highest BCUT2D eigenvalue weighted by Gasteiger charge is 2.20. The zero-order chi connectivity index (χ0) is 12.1. The van der Waals surface area contributed by atoms with E-state index in [-0.39, 0.29) is 18.6 Å². The number of methoxy groups -OCH3 is 1. The molecule has 0 saturated carbocycles. The zero-order valence-electron chi connectivity index (χ0n) is 10.2. The summed E-state index contributed by atoms with van der Waals surface area (Å²) in [5.41, 5.74) is 8.29. The lowest BCUT2D eigenvalue weighted by molar-refractivity contribution is 0.199. The maximum absolute atomic E-state index is 9.27. The molecule has 1 aromatic carbocycles. The van der Waals surface area contributed by atoms with E-state index in [2.05, 4.69) is 0 Å². The second-order valence-corrected chi connectivity index (χ2v) is 4.12. The van der Waals surface area contributed by atoms with Crippen molar-refractivity contribution in [1.29, 1.82) is 0 Å². The van der Waals surface area contributed by atoms with Gasteiger partial charge in [0.05, 0.1) is 7.11 Å². The molecular formula is C13H21NO2. The van der Waals surface area contributed by atoms with Crippen LogP contribution in [0.25, 0.3) is 0 Å². The Bertz CT molecular complexity index is 335. The summed E-state index contributed by atoms with van der Waals surface area (Å²) in [6.07, 6.45) is 0.856. The second-order valence-electron chi connectivity index (χ2n) is 4.12. The topological polar surface area (TPSA) is 55.5 Å². The average Bonchev–Trinajstić information content (AvgIpc) is 2.30. The van der Waals surface area contributed by atoms with Crippen molar-refractivity contribution in [2.75, 3.05) is 13.7 Å². The molecule has 2 atom stereocenters. The lowest BCUT2D eigenvalue weighted by atomic mass is 9.91. The lowest BCUT2D eigenvalue weighted by Crippen LogP contribution is -2.24. The standard InChI is InChI=1S/C13H21NO2/c1-4-10(8-15)13(14)11-7-9(2)5-6-12(11)16-3/h5-7,10,13,15H,4,8,14H2,1-3H3. The van der Waals surface area contributed by atoms with E-state index in [1.165, 1.54) is 0 Å². The Hall–Kier alpha value is -1.06. The van der Waals surface area contributed by atoms with Crippen LogP contribution in [0.4, 0.5) is 0 Å². The summed E-state index contributed by atoms with van der Waals surface area (Å²) in [4.78, 5) is 0. The van der Waals surface area contributed by atoms with Gasteiger partial charge in [-0.05, 0) is 19.4 Å². The summed E-state index contributed by atoms with van der Waals surface area (Å²) in [5.74, 6) is 0.876. The van der Waals surface area contributed by atoms with Crippen LogP contribution >= 0.6 is 0 Å². The minimum absolute atomic E-state index is 0.0794. The fourth-order valence-corrected chi connectivity index (χ4v) is 1.86. The summed E-state index contributed by atoms with van der Waals surface area (Å²) in [6, 6.07) is 5.77. The molecule has 3 N–H and O–H groups in total. The van der Waals surface area contributed by atoms with E-state index in [9.17, 15) is 5.11 Å². The van der Waals surface area contributed by atoms with E-state index in [4.69, 9.17) is 10.5 Å². The summed E-state index contributed by atoms with van der Waals surface area (Å²) < 4.78 is 5.30. The third-order valence-corrected chi connectivity index (χ3v) is 3.01. The van der Waals surface area contributed by atoms with Crippen molar-refractivity contribution in [3.8, 4) is 5.75 Å². The number of ether oxygens (including phenoxy) is 1. The van der Waals surface area contributed by atoms with Gasteiger partial charge in [0, 0.05) is 24.1 Å². The van der Waals surface area contributed by atoms with Gasteiger partial charge >= 0.3 is 0 Å². The highest BCUT2D eigenvalue weighted by atomic mass is 16.5. The molecule has 0 spiro atoms. The Morgan fingerprint density at radius 2 is 2.12 bits per heavy atom. The number of hydrogen-bond donors (Lipinski definition) is 2. The second kappa shape index (κ2) is 5.87. The molecule has 1 rings (SSSR count). The van der Waals surface area contributed by atoms with Crippen molar-refractivity contribution >= 4 is 0 Å². The first-order valence-electron chi connectivity index (χ1n) is 5.65. The molecule has 0 fully saturated rings. The van der Waals surface area contributed by atoms with Gasteiger partial charge in [0.1, 0.15) is 5.75 Å². The van der Waals surface area contributed by atoms with E-state index >= 15 is 0 Å². The van der Waals surface area contributed by atoms with Gasteiger partial charge in [-0.1, -0.05) is 24.6 Å². The Labute approximate surface area is 97.2 Å². The number of aliphatic hydroxyl groups excluding tert-OH is 1. The van der Waals surface area contributed by atoms with Gasteiger partial charge in [0.2, 0.25) is 0 Å². The molecule has 0 aliphatic rings. The first-order valence-corrected chi connectivity index (χ1v) is 5.65. The van der Waals surface area contributed by atoms with Crippen LogP contribution in [0.3, 0.4) is 0 Å². The highest BCUT2D eigenvalue weighted by molar-refractivity contribution is 5.39. The maximum atomic E-state index is 9.27. The Kier molecular flexibility index (Phi) is 4.77. The molecule has 2 unspecified atom stereocenters. The summed E-state index contributed by atoms with van der Waals surface area (Å²) in [5, 5.41) is 9.27. The van der Waals surface area contributed by atoms with Crippen molar-refractivity contribution in [2.45, 2.75) is 26.3 Å². The number of aliphatic hydroxyl groups is 1. The number of hydrogen-bond acceptors (Lipinski definition) is 3. The van der Waals surface area contributed by atoms with Crippen LogP contribution in [-0.2, 0) is 0 Å². The van der Waals surface area contributed by atoms with Crippen LogP contribution in [0.2, 0.25) is 0 Å². The van der Waals surface area contributed by atoms with E-state index in [0.717, 1.165) is 23.3 Å². The van der Waals surface area contributed by atoms with Gasteiger partial charge in [-0.15, -0.1) is 0 Å². The molecule has 0 amide bonds. The summed E-state index contributed by atoms with van der Waals surface area (Å²) >= 11 is 0. The normalized spacial score (nSPS) is 14.6. The van der Waals surface area contributed by atoms with Crippen molar-refractivity contribution in [3.05, 3.63) is 29.3 Å². The Morgan fingerprint density at radius 3 is 2.62 bits per heavy atom. The van der Waals surface area contributed by atoms with Crippen LogP contribution in [0.15, 0.2) is 18.2 Å². The molecule has 16 heavy (non-hydrogen) atoms. The molecule has 0 saturated heterocycles. The van der Waals surface area contributed by atoms with E-state index in [1.54, 1.807) is 7.11 Å². The van der Waals surface area contributed by atoms with E-state index < -0.39 is 0 Å². The largest absolute Gasteiger partial charge is 0.496 e. The van der Waals surface area contributed by atoms with Crippen LogP contribution in [0.5, 0.6) is 5.75 Å².